The molecule has 0 aliphatic carbocycles. The quantitative estimate of drug-likeness (QED) is 0.236. The second-order valence-corrected chi connectivity index (χ2v) is 11.9. The Morgan fingerprint density at radius 2 is 1.70 bits per heavy atom. The van der Waals surface area contributed by atoms with E-state index in [1.807, 2.05) is 31.2 Å². The van der Waals surface area contributed by atoms with Crippen LogP contribution in [-0.2, 0) is 11.2 Å². The molecule has 44 heavy (non-hydrogen) atoms. The average Bonchev–Trinajstić information content (AvgIpc) is 3.25. The van der Waals surface area contributed by atoms with Gasteiger partial charge < -0.3 is 15.5 Å². The lowest BCUT2D eigenvalue weighted by atomic mass is 9.99. The Kier molecular flexibility index (Phi) is 8.11. The Morgan fingerprint density at radius 1 is 0.977 bits per heavy atom. The topological polar surface area (TPSA) is 90.9 Å². The highest BCUT2D eigenvalue weighted by atomic mass is 35.5. The average molecular weight is 631 g/mol. The van der Waals surface area contributed by atoms with Gasteiger partial charge >= 0.3 is 0 Å². The third-order valence-corrected chi connectivity index (χ3v) is 9.25. The van der Waals surface area contributed by atoms with Gasteiger partial charge in [0.25, 0.3) is 11.8 Å². The minimum Gasteiger partial charge on any atom is -0.326 e. The summed E-state index contributed by atoms with van der Waals surface area (Å²) in [4.78, 5) is 46.2. The lowest BCUT2D eigenvalue weighted by molar-refractivity contribution is -0.117. The van der Waals surface area contributed by atoms with Crippen LogP contribution in [0.3, 0.4) is 0 Å². The van der Waals surface area contributed by atoms with Crippen molar-refractivity contribution in [2.24, 2.45) is 10.9 Å². The van der Waals surface area contributed by atoms with Crippen molar-refractivity contribution in [2.45, 2.75) is 19.8 Å². The van der Waals surface area contributed by atoms with Crippen molar-refractivity contribution in [1.29, 1.82) is 0 Å². The first kappa shape index (κ1) is 29.4. The molecule has 11 heteroatoms. The van der Waals surface area contributed by atoms with Crippen LogP contribution in [0.5, 0.6) is 0 Å². The molecule has 7 nitrogen and oxygen atoms in total. The molecule has 2 aliphatic rings. The molecule has 3 amide bonds. The molecule has 6 rings (SSSR count). The van der Waals surface area contributed by atoms with Gasteiger partial charge in [0.1, 0.15) is 22.2 Å². The molecule has 222 valence electrons. The molecule has 0 saturated carbocycles. The largest absolute Gasteiger partial charge is 0.326 e. The number of hydrogen-bond acceptors (Lipinski definition) is 5. The van der Waals surface area contributed by atoms with Crippen LogP contribution in [0, 0.1) is 17.6 Å². The van der Waals surface area contributed by atoms with Gasteiger partial charge in [0.05, 0.1) is 16.6 Å². The number of aliphatic imine (C=N–C) groups is 1. The summed E-state index contributed by atoms with van der Waals surface area (Å²) >= 11 is 7.81. The van der Waals surface area contributed by atoms with Gasteiger partial charge in [0, 0.05) is 40.7 Å². The van der Waals surface area contributed by atoms with E-state index >= 15 is 0 Å². The van der Waals surface area contributed by atoms with Gasteiger partial charge in [-0.05, 0) is 67.8 Å². The Labute approximate surface area is 260 Å². The van der Waals surface area contributed by atoms with E-state index in [4.69, 9.17) is 11.6 Å². The van der Waals surface area contributed by atoms with Gasteiger partial charge in [-0.15, -0.1) is 11.3 Å². The molecular weight excluding hydrogens is 606 g/mol. The van der Waals surface area contributed by atoms with E-state index in [1.54, 1.807) is 41.6 Å². The third kappa shape index (κ3) is 5.66. The van der Waals surface area contributed by atoms with Gasteiger partial charge in [-0.1, -0.05) is 41.4 Å². The Hall–Kier alpha value is -4.67. The predicted octanol–water partition coefficient (Wildman–Crippen LogP) is 7.73. The Morgan fingerprint density at radius 3 is 2.43 bits per heavy atom. The van der Waals surface area contributed by atoms with E-state index < -0.39 is 23.2 Å². The number of para-hydroxylation sites is 2. The molecular formula is C33H25ClF2N4O3S. The molecule has 0 saturated heterocycles. The number of nitrogens with one attached hydrogen (secondary N) is 2. The molecule has 0 fully saturated rings. The number of rotatable bonds is 5. The third-order valence-electron chi connectivity index (χ3n) is 7.46. The normalized spacial score (nSPS) is 15.5. The summed E-state index contributed by atoms with van der Waals surface area (Å²) in [6.07, 6.45) is 4.31. The maximum atomic E-state index is 14.2. The molecule has 0 spiro atoms. The molecule has 1 atom stereocenters. The van der Waals surface area contributed by atoms with Crippen molar-refractivity contribution >= 4 is 63.9 Å². The molecule has 4 aromatic rings. The molecule has 1 unspecified atom stereocenters. The van der Waals surface area contributed by atoms with E-state index in [0.29, 0.717) is 45.8 Å². The van der Waals surface area contributed by atoms with E-state index in [-0.39, 0.29) is 34.2 Å². The number of allylic oxidation sites excluding steroid dienone is 1. The summed E-state index contributed by atoms with van der Waals surface area (Å²) in [5.74, 6) is -3.28. The summed E-state index contributed by atoms with van der Waals surface area (Å²) < 4.78 is 28.4. The SMILES string of the molecule is CC1=CN=CC(C(=O)Nc2ccc(C(=O)N3CCc4c(sc(C(=O)Nc5c(F)cccc5F)c4Cl)-c4ccccc43)cc2)C1. The maximum absolute atomic E-state index is 14.2. The first-order valence-electron chi connectivity index (χ1n) is 13.8. The van der Waals surface area contributed by atoms with Crippen LogP contribution in [0.1, 0.15) is 38.9 Å². The van der Waals surface area contributed by atoms with E-state index in [0.717, 1.165) is 29.0 Å². The first-order valence-corrected chi connectivity index (χ1v) is 15.0. The monoisotopic (exact) mass is 630 g/mol. The van der Waals surface area contributed by atoms with Crippen LogP contribution in [-0.4, -0.2) is 30.5 Å². The number of nitrogens with zero attached hydrogens (tertiary/aromatic N) is 2. The fourth-order valence-electron chi connectivity index (χ4n) is 5.25. The number of benzene rings is 3. The minimum atomic E-state index is -0.895. The lowest BCUT2D eigenvalue weighted by Gasteiger charge is -2.23. The van der Waals surface area contributed by atoms with E-state index in [1.165, 1.54) is 6.07 Å². The number of anilines is 3. The van der Waals surface area contributed by atoms with E-state index in [2.05, 4.69) is 15.6 Å². The van der Waals surface area contributed by atoms with Crippen molar-refractivity contribution < 1.29 is 23.2 Å². The lowest BCUT2D eigenvalue weighted by Crippen LogP contribution is -2.32. The van der Waals surface area contributed by atoms with Crippen LogP contribution >= 0.6 is 22.9 Å². The van der Waals surface area contributed by atoms with Crippen LogP contribution in [0.2, 0.25) is 5.02 Å². The van der Waals surface area contributed by atoms with Crippen molar-refractivity contribution in [1.82, 2.24) is 0 Å². The van der Waals surface area contributed by atoms with Gasteiger partial charge in [-0.2, -0.15) is 0 Å². The number of halogens is 3. The van der Waals surface area contributed by atoms with Gasteiger partial charge in [-0.25, -0.2) is 8.78 Å². The molecule has 0 radical (unpaired) electrons. The Bertz CT molecular complexity index is 1850. The van der Waals surface area contributed by atoms with Crippen LogP contribution < -0.4 is 15.5 Å². The van der Waals surface area contributed by atoms with Crippen molar-refractivity contribution in [3.63, 3.8) is 0 Å². The summed E-state index contributed by atoms with van der Waals surface area (Å²) in [7, 11) is 0. The standard InChI is InChI=1S/C33H25ClF2N4O3S/c1-18-15-20(17-37-16-18)31(41)38-21-11-9-19(10-12-21)33(43)40-14-13-23-27(34)30(44-29(23)22-5-2-3-8-26(22)40)32(42)39-28-24(35)6-4-7-25(28)36/h2-12,16-17,20H,13-15H2,1H3,(H,38,41)(H,39,42). The van der Waals surface area contributed by atoms with Gasteiger partial charge in [0.15, 0.2) is 0 Å². The van der Waals surface area contributed by atoms with E-state index in [9.17, 15) is 23.2 Å². The summed E-state index contributed by atoms with van der Waals surface area (Å²) in [5.41, 5.74) is 3.50. The fraction of sp³-hybridized carbons (Fsp3) is 0.152. The summed E-state index contributed by atoms with van der Waals surface area (Å²) in [6, 6.07) is 17.3. The number of thiophene rings is 1. The first-order chi connectivity index (χ1) is 21.2. The predicted molar refractivity (Wildman–Crippen MR) is 170 cm³/mol. The number of carbonyl (C=O) groups excluding carboxylic acids is 3. The fourth-order valence-corrected chi connectivity index (χ4v) is 6.87. The number of amides is 3. The molecule has 2 N–H and O–H groups in total. The number of carbonyl (C=O) groups is 3. The Balaban J connectivity index is 1.23. The number of fused-ring (bicyclic) bond motifs is 3. The molecule has 1 aromatic heterocycles. The zero-order chi connectivity index (χ0) is 31.0. The highest BCUT2D eigenvalue weighted by Gasteiger charge is 2.31. The summed E-state index contributed by atoms with van der Waals surface area (Å²) in [5, 5.41) is 5.37. The second-order valence-electron chi connectivity index (χ2n) is 10.5. The highest BCUT2D eigenvalue weighted by Crippen LogP contribution is 2.46. The molecule has 3 aromatic carbocycles. The zero-order valence-electron chi connectivity index (χ0n) is 23.4. The molecule has 3 heterocycles. The van der Waals surface area contributed by atoms with Crippen molar-refractivity contribution in [3.8, 4) is 10.4 Å². The van der Waals surface area contributed by atoms with Gasteiger partial charge in [-0.3, -0.25) is 19.4 Å². The summed E-state index contributed by atoms with van der Waals surface area (Å²) in [6.45, 7) is 2.20. The molecule has 2 aliphatic heterocycles. The van der Waals surface area contributed by atoms with Gasteiger partial charge in [0.2, 0.25) is 5.91 Å². The highest BCUT2D eigenvalue weighted by molar-refractivity contribution is 7.18. The molecule has 0 bridgehead atoms. The minimum absolute atomic E-state index is 0.122. The second kappa shape index (κ2) is 12.1. The van der Waals surface area contributed by atoms with Crippen molar-refractivity contribution in [3.05, 3.63) is 111 Å². The van der Waals surface area contributed by atoms with Crippen LogP contribution in [0.15, 0.2) is 83.5 Å². The number of hydrogen-bond donors (Lipinski definition) is 2. The van der Waals surface area contributed by atoms with Crippen LogP contribution in [0.25, 0.3) is 10.4 Å². The van der Waals surface area contributed by atoms with Crippen molar-refractivity contribution in [2.75, 3.05) is 22.1 Å². The maximum Gasteiger partial charge on any atom is 0.267 e. The zero-order valence-corrected chi connectivity index (χ0v) is 24.9. The smallest absolute Gasteiger partial charge is 0.267 e. The van der Waals surface area contributed by atoms with Crippen LogP contribution in [0.4, 0.5) is 25.8 Å².